The summed E-state index contributed by atoms with van der Waals surface area (Å²) in [5.74, 6) is -0.0333. The summed E-state index contributed by atoms with van der Waals surface area (Å²) in [7, 11) is -3.31. The van der Waals surface area contributed by atoms with Crippen molar-refractivity contribution in [1.82, 2.24) is 28.8 Å². The summed E-state index contributed by atoms with van der Waals surface area (Å²) in [5.41, 5.74) is -1.31. The number of alkyl halides is 3. The highest BCUT2D eigenvalue weighted by Crippen LogP contribution is 2.36. The van der Waals surface area contributed by atoms with Gasteiger partial charge in [0.2, 0.25) is 16.0 Å². The number of nitrogens with one attached hydrogen (secondary N) is 1. The number of hydrogen-bond acceptors (Lipinski definition) is 8. The number of anilines is 1. The van der Waals surface area contributed by atoms with E-state index < -0.39 is 27.5 Å². The topological polar surface area (TPSA) is 130 Å². The minimum absolute atomic E-state index is 0.0282. The van der Waals surface area contributed by atoms with Crippen molar-refractivity contribution in [2.24, 2.45) is 0 Å². The number of imidazole rings is 1. The van der Waals surface area contributed by atoms with Gasteiger partial charge in [-0.25, -0.2) is 32.7 Å². The molecule has 0 bridgehead atoms. The zero-order valence-electron chi connectivity index (χ0n) is 18.2. The van der Waals surface area contributed by atoms with Gasteiger partial charge >= 0.3 is 6.18 Å². The first kappa shape index (κ1) is 24.8. The summed E-state index contributed by atoms with van der Waals surface area (Å²) in [6.45, 7) is 0.567. The molecule has 35 heavy (non-hydrogen) atoms. The Bertz CT molecular complexity index is 1400. The smallest absolute Gasteiger partial charge is 0.351 e. The Labute approximate surface area is 203 Å². The van der Waals surface area contributed by atoms with Crippen molar-refractivity contribution >= 4 is 27.6 Å². The maximum absolute atomic E-state index is 13.7. The van der Waals surface area contributed by atoms with Gasteiger partial charge in [-0.05, 0) is 18.9 Å². The van der Waals surface area contributed by atoms with Gasteiger partial charge in [-0.2, -0.15) is 18.4 Å². The van der Waals surface area contributed by atoms with E-state index in [1.165, 1.54) is 33.7 Å². The van der Waals surface area contributed by atoms with Crippen LogP contribution in [0.5, 0.6) is 0 Å². The number of rotatable bonds is 5. The van der Waals surface area contributed by atoms with E-state index >= 15 is 0 Å². The fourth-order valence-corrected chi connectivity index (χ4v) is 4.78. The van der Waals surface area contributed by atoms with E-state index in [0.717, 1.165) is 6.26 Å². The van der Waals surface area contributed by atoms with Crippen LogP contribution < -0.4 is 5.32 Å². The molecule has 1 fully saturated rings. The van der Waals surface area contributed by atoms with Crippen molar-refractivity contribution in [2.75, 3.05) is 24.7 Å². The predicted molar refractivity (Wildman–Crippen MR) is 120 cm³/mol. The molecule has 10 nitrogen and oxygen atoms in total. The van der Waals surface area contributed by atoms with Crippen LogP contribution in [0, 0.1) is 11.3 Å². The van der Waals surface area contributed by atoms with Crippen molar-refractivity contribution in [3.8, 4) is 23.1 Å². The zero-order valence-corrected chi connectivity index (χ0v) is 19.7. The van der Waals surface area contributed by atoms with Crippen LogP contribution in [0.1, 0.15) is 24.1 Å². The van der Waals surface area contributed by atoms with Crippen molar-refractivity contribution in [3.63, 3.8) is 0 Å². The second-order valence-electron chi connectivity index (χ2n) is 7.80. The summed E-state index contributed by atoms with van der Waals surface area (Å²) in [6, 6.07) is 3.12. The summed E-state index contributed by atoms with van der Waals surface area (Å²) in [4.78, 5) is 15.8. The summed E-state index contributed by atoms with van der Waals surface area (Å²) in [5, 5.41) is 12.1. The molecule has 4 heterocycles. The third kappa shape index (κ3) is 5.37. The van der Waals surface area contributed by atoms with Crippen LogP contribution in [0.4, 0.5) is 19.1 Å². The number of piperidine rings is 1. The first-order valence-electron chi connectivity index (χ1n) is 10.2. The second kappa shape index (κ2) is 9.40. The first-order chi connectivity index (χ1) is 16.5. The standard InChI is InChI=1S/C20H18ClF3N8O2S/c1-35(33,34)32-6-3-12(4-7-32)29-19-27-9-13(20(22,23)24)18(30-19)15-10-31(11-28-15)16-2-5-26-14(8-25)17(16)21/h2,5,9-12H,3-4,6-7H2,1H3,(H,27,29,30). The van der Waals surface area contributed by atoms with Gasteiger partial charge in [0, 0.05) is 37.7 Å². The quantitative estimate of drug-likeness (QED) is 0.537. The van der Waals surface area contributed by atoms with Crippen LogP contribution >= 0.6 is 11.6 Å². The van der Waals surface area contributed by atoms with E-state index in [9.17, 15) is 21.6 Å². The van der Waals surface area contributed by atoms with Gasteiger partial charge in [0.1, 0.15) is 34.4 Å². The van der Waals surface area contributed by atoms with Crippen molar-refractivity contribution in [2.45, 2.75) is 25.1 Å². The first-order valence-corrected chi connectivity index (χ1v) is 12.4. The predicted octanol–water partition coefficient (Wildman–Crippen LogP) is 3.10. The van der Waals surface area contributed by atoms with Gasteiger partial charge in [0.15, 0.2) is 5.69 Å². The van der Waals surface area contributed by atoms with E-state index in [1.807, 2.05) is 6.07 Å². The van der Waals surface area contributed by atoms with Gasteiger partial charge in [-0.1, -0.05) is 11.6 Å². The molecule has 0 spiro atoms. The van der Waals surface area contributed by atoms with Gasteiger partial charge in [0.25, 0.3) is 0 Å². The normalized spacial score (nSPS) is 15.7. The van der Waals surface area contributed by atoms with Crippen LogP contribution in [0.2, 0.25) is 5.02 Å². The largest absolute Gasteiger partial charge is 0.420 e. The number of nitrogens with zero attached hydrogens (tertiary/aromatic N) is 7. The molecular weight excluding hydrogens is 509 g/mol. The lowest BCUT2D eigenvalue weighted by Crippen LogP contribution is -2.42. The Morgan fingerprint density at radius 2 is 1.94 bits per heavy atom. The molecule has 3 aromatic rings. The number of pyridine rings is 1. The van der Waals surface area contributed by atoms with Crippen LogP contribution in [0.15, 0.2) is 31.0 Å². The van der Waals surface area contributed by atoms with E-state index in [0.29, 0.717) is 24.7 Å². The molecule has 184 valence electrons. The van der Waals surface area contributed by atoms with E-state index in [2.05, 4.69) is 25.3 Å². The fourth-order valence-electron chi connectivity index (χ4n) is 3.66. The summed E-state index contributed by atoms with van der Waals surface area (Å²) >= 11 is 6.18. The summed E-state index contributed by atoms with van der Waals surface area (Å²) in [6.07, 6.45) is 1.89. The Morgan fingerprint density at radius 1 is 1.23 bits per heavy atom. The van der Waals surface area contributed by atoms with E-state index in [1.54, 1.807) is 0 Å². The highest BCUT2D eigenvalue weighted by Gasteiger charge is 2.36. The fraction of sp³-hybridized carbons (Fsp3) is 0.350. The van der Waals surface area contributed by atoms with E-state index in [-0.39, 0.29) is 41.5 Å². The zero-order chi connectivity index (χ0) is 25.4. The average molecular weight is 527 g/mol. The van der Waals surface area contributed by atoms with Crippen molar-refractivity contribution in [1.29, 1.82) is 5.26 Å². The highest BCUT2D eigenvalue weighted by atomic mass is 35.5. The van der Waals surface area contributed by atoms with Crippen LogP contribution in [0.25, 0.3) is 17.1 Å². The molecule has 1 N–H and O–H groups in total. The van der Waals surface area contributed by atoms with Crippen LogP contribution in [-0.4, -0.2) is 62.6 Å². The molecule has 0 aromatic carbocycles. The van der Waals surface area contributed by atoms with Crippen molar-refractivity contribution < 1.29 is 21.6 Å². The van der Waals surface area contributed by atoms with Crippen LogP contribution in [0.3, 0.4) is 0 Å². The molecule has 0 radical (unpaired) electrons. The molecule has 1 saturated heterocycles. The number of aromatic nitrogens is 5. The van der Waals surface area contributed by atoms with Gasteiger partial charge < -0.3 is 9.88 Å². The number of halogens is 4. The Kier molecular flexibility index (Phi) is 6.67. The number of nitriles is 1. The Hall–Kier alpha value is -3.28. The molecule has 0 amide bonds. The number of hydrogen-bond donors (Lipinski definition) is 1. The molecule has 0 unspecified atom stereocenters. The molecule has 0 atom stereocenters. The number of sulfonamides is 1. The van der Waals surface area contributed by atoms with Crippen molar-refractivity contribution in [3.05, 3.63) is 47.3 Å². The van der Waals surface area contributed by atoms with Gasteiger partial charge in [0.05, 0.1) is 11.9 Å². The second-order valence-corrected chi connectivity index (χ2v) is 10.2. The average Bonchev–Trinajstić information content (AvgIpc) is 3.28. The SMILES string of the molecule is CS(=O)(=O)N1CCC(Nc2ncc(C(F)(F)F)c(-c3cn(-c4ccnc(C#N)c4Cl)cn3)n2)CC1. The molecule has 0 aliphatic carbocycles. The molecule has 1 aliphatic heterocycles. The Morgan fingerprint density at radius 3 is 2.57 bits per heavy atom. The molecule has 3 aromatic heterocycles. The minimum Gasteiger partial charge on any atom is -0.351 e. The lowest BCUT2D eigenvalue weighted by atomic mass is 10.1. The molecule has 4 rings (SSSR count). The third-order valence-electron chi connectivity index (χ3n) is 5.43. The molecular formula is C20H18ClF3N8O2S. The maximum atomic E-state index is 13.7. The Balaban J connectivity index is 1.64. The highest BCUT2D eigenvalue weighted by molar-refractivity contribution is 7.88. The lowest BCUT2D eigenvalue weighted by molar-refractivity contribution is -0.137. The van der Waals surface area contributed by atoms with Gasteiger partial charge in [-0.3, -0.25) is 0 Å². The third-order valence-corrected chi connectivity index (χ3v) is 7.10. The molecule has 1 aliphatic rings. The summed E-state index contributed by atoms with van der Waals surface area (Å²) < 4.78 is 67.2. The van der Waals surface area contributed by atoms with E-state index in [4.69, 9.17) is 16.9 Å². The lowest BCUT2D eigenvalue weighted by Gasteiger charge is -2.30. The molecule has 15 heteroatoms. The minimum atomic E-state index is -4.74. The van der Waals surface area contributed by atoms with Gasteiger partial charge in [-0.15, -0.1) is 0 Å². The molecule has 0 saturated carbocycles. The monoisotopic (exact) mass is 526 g/mol. The van der Waals surface area contributed by atoms with Crippen LogP contribution in [-0.2, 0) is 16.2 Å². The maximum Gasteiger partial charge on any atom is 0.420 e.